The standard InChI is InChI=1S/C8H5F4NO3/c9-4-1-2-6(13(15)16)5(3-4)7(14)8(10,11)12/h1-3,7,14H. The number of hydrogen-bond acceptors (Lipinski definition) is 3. The fourth-order valence-electron chi connectivity index (χ4n) is 1.09. The number of rotatable bonds is 2. The molecule has 1 rings (SSSR count). The van der Waals surface area contributed by atoms with E-state index < -0.39 is 34.3 Å². The van der Waals surface area contributed by atoms with Crippen LogP contribution in [0, 0.1) is 15.9 Å². The van der Waals surface area contributed by atoms with E-state index in [9.17, 15) is 27.7 Å². The summed E-state index contributed by atoms with van der Waals surface area (Å²) in [6.07, 6.45) is -8.16. The Morgan fingerprint density at radius 2 is 1.94 bits per heavy atom. The fourth-order valence-corrected chi connectivity index (χ4v) is 1.09. The summed E-state index contributed by atoms with van der Waals surface area (Å²) in [6, 6.07) is 1.50. The lowest BCUT2D eigenvalue weighted by Gasteiger charge is -2.14. The van der Waals surface area contributed by atoms with Crippen molar-refractivity contribution in [2.75, 3.05) is 0 Å². The van der Waals surface area contributed by atoms with Gasteiger partial charge in [0, 0.05) is 6.07 Å². The van der Waals surface area contributed by atoms with Crippen LogP contribution in [0.3, 0.4) is 0 Å². The highest BCUT2D eigenvalue weighted by Gasteiger charge is 2.42. The molecule has 1 aromatic carbocycles. The Balaban J connectivity index is 3.30. The van der Waals surface area contributed by atoms with Gasteiger partial charge in [-0.1, -0.05) is 0 Å². The van der Waals surface area contributed by atoms with Gasteiger partial charge in [0.2, 0.25) is 0 Å². The number of halogens is 4. The Labute approximate surface area is 86.3 Å². The van der Waals surface area contributed by atoms with Crippen molar-refractivity contribution in [2.24, 2.45) is 0 Å². The van der Waals surface area contributed by atoms with Crippen LogP contribution >= 0.6 is 0 Å². The van der Waals surface area contributed by atoms with Gasteiger partial charge in [0.1, 0.15) is 5.82 Å². The third-order valence-corrected chi connectivity index (χ3v) is 1.79. The van der Waals surface area contributed by atoms with Crippen LogP contribution in [0.1, 0.15) is 11.7 Å². The molecule has 0 amide bonds. The van der Waals surface area contributed by atoms with Crippen LogP contribution in [-0.4, -0.2) is 16.2 Å². The van der Waals surface area contributed by atoms with E-state index in [1.54, 1.807) is 0 Å². The Hall–Kier alpha value is -1.70. The Kier molecular flexibility index (Phi) is 3.13. The molecule has 0 heterocycles. The molecule has 8 heteroatoms. The topological polar surface area (TPSA) is 63.4 Å². The molecule has 16 heavy (non-hydrogen) atoms. The molecule has 0 aromatic heterocycles. The van der Waals surface area contributed by atoms with E-state index >= 15 is 0 Å². The first kappa shape index (κ1) is 12.4. The minimum absolute atomic E-state index is 0.288. The second kappa shape index (κ2) is 4.05. The van der Waals surface area contributed by atoms with E-state index in [0.717, 1.165) is 0 Å². The molecule has 0 aliphatic heterocycles. The summed E-state index contributed by atoms with van der Waals surface area (Å²) in [7, 11) is 0. The van der Waals surface area contributed by atoms with Gasteiger partial charge in [0.05, 0.1) is 10.5 Å². The maximum absolute atomic E-state index is 12.7. The molecule has 88 valence electrons. The van der Waals surface area contributed by atoms with Crippen molar-refractivity contribution >= 4 is 5.69 Å². The maximum Gasteiger partial charge on any atom is 0.418 e. The van der Waals surface area contributed by atoms with Crippen molar-refractivity contribution in [3.8, 4) is 0 Å². The average molecular weight is 239 g/mol. The van der Waals surface area contributed by atoms with Gasteiger partial charge in [0.25, 0.3) is 5.69 Å². The number of aliphatic hydroxyl groups is 1. The molecule has 4 nitrogen and oxygen atoms in total. The Morgan fingerprint density at radius 3 is 2.38 bits per heavy atom. The molecular weight excluding hydrogens is 234 g/mol. The van der Waals surface area contributed by atoms with Gasteiger partial charge < -0.3 is 5.11 Å². The summed E-state index contributed by atoms with van der Waals surface area (Å²) in [5.41, 5.74) is -2.09. The summed E-state index contributed by atoms with van der Waals surface area (Å²) in [6.45, 7) is 0. The highest BCUT2D eigenvalue weighted by Crippen LogP contribution is 2.37. The second-order valence-electron chi connectivity index (χ2n) is 2.90. The van der Waals surface area contributed by atoms with Gasteiger partial charge in [0.15, 0.2) is 6.10 Å². The molecule has 0 fully saturated rings. The maximum atomic E-state index is 12.7. The van der Waals surface area contributed by atoms with Crippen molar-refractivity contribution in [1.82, 2.24) is 0 Å². The number of benzene rings is 1. The number of hydrogen-bond donors (Lipinski definition) is 1. The molecule has 0 aliphatic rings. The van der Waals surface area contributed by atoms with Crippen LogP contribution in [0.2, 0.25) is 0 Å². The summed E-state index contributed by atoms with van der Waals surface area (Å²) in [5.74, 6) is -1.09. The first-order chi connectivity index (χ1) is 7.23. The zero-order valence-corrected chi connectivity index (χ0v) is 7.53. The van der Waals surface area contributed by atoms with Crippen molar-refractivity contribution in [3.63, 3.8) is 0 Å². The van der Waals surface area contributed by atoms with Gasteiger partial charge >= 0.3 is 6.18 Å². The summed E-state index contributed by atoms with van der Waals surface area (Å²) in [5, 5.41) is 19.2. The van der Waals surface area contributed by atoms with Gasteiger partial charge in [-0.15, -0.1) is 0 Å². The van der Waals surface area contributed by atoms with E-state index in [4.69, 9.17) is 5.11 Å². The molecule has 0 saturated heterocycles. The Morgan fingerprint density at radius 1 is 1.38 bits per heavy atom. The third kappa shape index (κ3) is 2.45. The predicted molar refractivity (Wildman–Crippen MR) is 44.1 cm³/mol. The molecular formula is C8H5F4NO3. The lowest BCUT2D eigenvalue weighted by molar-refractivity contribution is -0.387. The SMILES string of the molecule is O=[N+]([O-])c1ccc(F)cc1C(O)C(F)(F)F. The second-order valence-corrected chi connectivity index (χ2v) is 2.90. The fraction of sp³-hybridized carbons (Fsp3) is 0.250. The number of nitrogens with zero attached hydrogens (tertiary/aromatic N) is 1. The molecule has 0 bridgehead atoms. The van der Waals surface area contributed by atoms with Crippen molar-refractivity contribution in [3.05, 3.63) is 39.7 Å². The van der Waals surface area contributed by atoms with Crippen LogP contribution < -0.4 is 0 Å². The minimum atomic E-state index is -5.08. The zero-order valence-electron chi connectivity index (χ0n) is 7.53. The number of aliphatic hydroxyl groups excluding tert-OH is 1. The van der Waals surface area contributed by atoms with Crippen LogP contribution in [0.5, 0.6) is 0 Å². The highest BCUT2D eigenvalue weighted by atomic mass is 19.4. The highest BCUT2D eigenvalue weighted by molar-refractivity contribution is 5.42. The lowest BCUT2D eigenvalue weighted by atomic mass is 10.1. The third-order valence-electron chi connectivity index (χ3n) is 1.79. The predicted octanol–water partition coefficient (Wildman–Crippen LogP) is 2.33. The van der Waals surface area contributed by atoms with E-state index in [0.29, 0.717) is 12.1 Å². The number of alkyl halides is 3. The molecule has 1 atom stereocenters. The Bertz CT molecular complexity index is 418. The van der Waals surface area contributed by atoms with Crippen molar-refractivity contribution in [2.45, 2.75) is 12.3 Å². The first-order valence-corrected chi connectivity index (χ1v) is 3.92. The van der Waals surface area contributed by atoms with E-state index in [-0.39, 0.29) is 6.07 Å². The smallest absolute Gasteiger partial charge is 0.379 e. The summed E-state index contributed by atoms with van der Waals surface area (Å²) in [4.78, 5) is 9.25. The molecule has 0 radical (unpaired) electrons. The largest absolute Gasteiger partial charge is 0.418 e. The van der Waals surface area contributed by atoms with E-state index in [1.165, 1.54) is 0 Å². The molecule has 0 aliphatic carbocycles. The van der Waals surface area contributed by atoms with Gasteiger partial charge in [-0.3, -0.25) is 10.1 Å². The van der Waals surface area contributed by atoms with Gasteiger partial charge in [-0.05, 0) is 12.1 Å². The van der Waals surface area contributed by atoms with Crippen LogP contribution in [0.4, 0.5) is 23.2 Å². The van der Waals surface area contributed by atoms with Crippen LogP contribution in [0.15, 0.2) is 18.2 Å². The number of nitro benzene ring substituents is 1. The first-order valence-electron chi connectivity index (χ1n) is 3.92. The zero-order chi connectivity index (χ0) is 12.5. The summed E-state index contributed by atoms with van der Waals surface area (Å²) < 4.78 is 49.0. The average Bonchev–Trinajstić information content (AvgIpc) is 2.14. The summed E-state index contributed by atoms with van der Waals surface area (Å²) >= 11 is 0. The number of nitro groups is 1. The molecule has 1 unspecified atom stereocenters. The molecule has 1 N–H and O–H groups in total. The molecule has 0 saturated carbocycles. The van der Waals surface area contributed by atoms with Crippen LogP contribution in [-0.2, 0) is 0 Å². The molecule has 0 spiro atoms. The quantitative estimate of drug-likeness (QED) is 0.489. The minimum Gasteiger partial charge on any atom is -0.379 e. The van der Waals surface area contributed by atoms with Crippen molar-refractivity contribution in [1.29, 1.82) is 0 Å². The van der Waals surface area contributed by atoms with Crippen molar-refractivity contribution < 1.29 is 27.6 Å². The lowest BCUT2D eigenvalue weighted by Crippen LogP contribution is -2.21. The van der Waals surface area contributed by atoms with Gasteiger partial charge in [-0.25, -0.2) is 4.39 Å². The monoisotopic (exact) mass is 239 g/mol. The van der Waals surface area contributed by atoms with Crippen LogP contribution in [0.25, 0.3) is 0 Å². The van der Waals surface area contributed by atoms with E-state index in [1.807, 2.05) is 0 Å². The van der Waals surface area contributed by atoms with E-state index in [2.05, 4.69) is 0 Å². The normalized spacial score (nSPS) is 13.6. The molecule has 1 aromatic rings. The van der Waals surface area contributed by atoms with Gasteiger partial charge in [-0.2, -0.15) is 13.2 Å².